The Bertz CT molecular complexity index is 670. The Kier molecular flexibility index (Phi) is 6.15. The lowest BCUT2D eigenvalue weighted by Crippen LogP contribution is -2.31. The number of aromatic hydroxyl groups is 1. The van der Waals surface area contributed by atoms with Gasteiger partial charge in [0.15, 0.2) is 11.6 Å². The number of ether oxygens (including phenoxy) is 1. The normalized spacial score (nSPS) is 12.2. The highest BCUT2D eigenvalue weighted by atomic mass is 35.5. The van der Waals surface area contributed by atoms with Gasteiger partial charge in [-0.15, -0.1) is 0 Å². The molecule has 0 radical (unpaired) electrons. The molecule has 0 bridgehead atoms. The Labute approximate surface area is 137 Å². The number of phenolic OH excluding ortho intramolecular Hbond substituents is 1. The molecule has 124 valence electrons. The third-order valence-corrected chi connectivity index (χ3v) is 3.31. The largest absolute Gasteiger partial charge is 0.508 e. The van der Waals surface area contributed by atoms with E-state index in [0.29, 0.717) is 17.1 Å². The van der Waals surface area contributed by atoms with E-state index in [1.54, 1.807) is 12.1 Å². The van der Waals surface area contributed by atoms with Crippen molar-refractivity contribution in [1.29, 1.82) is 0 Å². The van der Waals surface area contributed by atoms with E-state index in [-0.39, 0.29) is 24.7 Å². The van der Waals surface area contributed by atoms with Crippen LogP contribution in [0.1, 0.15) is 5.56 Å². The number of rotatable bonds is 7. The average molecular weight is 344 g/mol. The molecule has 4 nitrogen and oxygen atoms in total. The van der Waals surface area contributed by atoms with E-state index in [4.69, 9.17) is 16.3 Å². The first-order valence-corrected chi connectivity index (χ1v) is 7.27. The van der Waals surface area contributed by atoms with Crippen molar-refractivity contribution in [2.45, 2.75) is 12.6 Å². The van der Waals surface area contributed by atoms with Crippen LogP contribution in [0.15, 0.2) is 36.4 Å². The quantitative estimate of drug-likeness (QED) is 0.723. The van der Waals surface area contributed by atoms with Crippen LogP contribution in [0.5, 0.6) is 11.5 Å². The summed E-state index contributed by atoms with van der Waals surface area (Å²) in [5.74, 6) is -1.72. The Morgan fingerprint density at radius 2 is 1.91 bits per heavy atom. The van der Waals surface area contributed by atoms with Crippen molar-refractivity contribution in [3.8, 4) is 11.5 Å². The van der Waals surface area contributed by atoms with Crippen LogP contribution in [-0.4, -0.2) is 29.5 Å². The second-order valence-corrected chi connectivity index (χ2v) is 5.38. The van der Waals surface area contributed by atoms with Crippen molar-refractivity contribution in [3.05, 3.63) is 58.6 Å². The molecule has 2 aromatic carbocycles. The lowest BCUT2D eigenvalue weighted by molar-refractivity contribution is 0.106. The number of nitrogens with one attached hydrogen (secondary N) is 1. The van der Waals surface area contributed by atoms with E-state index in [1.807, 2.05) is 0 Å². The van der Waals surface area contributed by atoms with E-state index in [1.165, 1.54) is 12.1 Å². The molecule has 2 rings (SSSR count). The van der Waals surface area contributed by atoms with E-state index < -0.39 is 17.7 Å². The molecule has 0 spiro atoms. The van der Waals surface area contributed by atoms with Gasteiger partial charge in [0.25, 0.3) is 0 Å². The molecule has 1 atom stereocenters. The van der Waals surface area contributed by atoms with Gasteiger partial charge in [-0.1, -0.05) is 11.6 Å². The molecule has 0 aliphatic carbocycles. The summed E-state index contributed by atoms with van der Waals surface area (Å²) in [7, 11) is 0. The van der Waals surface area contributed by atoms with Gasteiger partial charge in [-0.05, 0) is 30.3 Å². The van der Waals surface area contributed by atoms with Crippen molar-refractivity contribution in [2.24, 2.45) is 0 Å². The fourth-order valence-electron chi connectivity index (χ4n) is 1.89. The fourth-order valence-corrected chi connectivity index (χ4v) is 2.08. The van der Waals surface area contributed by atoms with Gasteiger partial charge >= 0.3 is 0 Å². The first kappa shape index (κ1) is 17.5. The zero-order chi connectivity index (χ0) is 16.8. The summed E-state index contributed by atoms with van der Waals surface area (Å²) in [4.78, 5) is 0. The lowest BCUT2D eigenvalue weighted by atomic mass is 10.2. The smallest absolute Gasteiger partial charge is 0.162 e. The second kappa shape index (κ2) is 8.10. The summed E-state index contributed by atoms with van der Waals surface area (Å²) in [5, 5.41) is 22.9. The van der Waals surface area contributed by atoms with Gasteiger partial charge in [-0.2, -0.15) is 0 Å². The second-order valence-electron chi connectivity index (χ2n) is 4.94. The van der Waals surface area contributed by atoms with E-state index in [9.17, 15) is 19.0 Å². The maximum absolute atomic E-state index is 13.0. The summed E-state index contributed by atoms with van der Waals surface area (Å²) < 4.78 is 30.9. The van der Waals surface area contributed by atoms with Gasteiger partial charge < -0.3 is 20.3 Å². The van der Waals surface area contributed by atoms with Gasteiger partial charge in [0.1, 0.15) is 24.2 Å². The maximum atomic E-state index is 13.0. The summed E-state index contributed by atoms with van der Waals surface area (Å²) in [5.41, 5.74) is 0.603. The van der Waals surface area contributed by atoms with Crippen molar-refractivity contribution in [2.75, 3.05) is 13.2 Å². The number of phenols is 1. The minimum atomic E-state index is -1.01. The fraction of sp³-hybridized carbons (Fsp3) is 0.250. The average Bonchev–Trinajstić information content (AvgIpc) is 2.52. The summed E-state index contributed by atoms with van der Waals surface area (Å²) in [6.07, 6.45) is -0.857. The van der Waals surface area contributed by atoms with Crippen LogP contribution in [0.2, 0.25) is 5.02 Å². The van der Waals surface area contributed by atoms with Crippen molar-refractivity contribution < 1.29 is 23.7 Å². The lowest BCUT2D eigenvalue weighted by Gasteiger charge is -2.14. The SMILES string of the molecule is Oc1ccc(Cl)cc1CNCC(O)COc1ccc(F)c(F)c1. The molecule has 0 aromatic heterocycles. The molecule has 3 N–H and O–H groups in total. The van der Waals surface area contributed by atoms with Crippen LogP contribution in [-0.2, 0) is 6.54 Å². The van der Waals surface area contributed by atoms with Gasteiger partial charge in [-0.25, -0.2) is 8.78 Å². The molecule has 23 heavy (non-hydrogen) atoms. The van der Waals surface area contributed by atoms with Crippen LogP contribution in [0, 0.1) is 11.6 Å². The van der Waals surface area contributed by atoms with E-state index in [0.717, 1.165) is 12.1 Å². The molecule has 0 fully saturated rings. The minimum absolute atomic E-state index is 0.0837. The Morgan fingerprint density at radius 3 is 2.65 bits per heavy atom. The Hall–Kier alpha value is -1.89. The van der Waals surface area contributed by atoms with Crippen LogP contribution >= 0.6 is 11.6 Å². The standard InChI is InChI=1S/C16H16ClF2NO3/c17-11-1-4-16(22)10(5-11)7-20-8-12(21)9-23-13-2-3-14(18)15(19)6-13/h1-6,12,20-22H,7-9H2. The van der Waals surface area contributed by atoms with Crippen molar-refractivity contribution >= 4 is 11.6 Å². The third kappa shape index (κ3) is 5.35. The minimum Gasteiger partial charge on any atom is -0.508 e. The monoisotopic (exact) mass is 343 g/mol. The number of hydrogen-bond donors (Lipinski definition) is 3. The van der Waals surface area contributed by atoms with Crippen LogP contribution < -0.4 is 10.1 Å². The maximum Gasteiger partial charge on any atom is 0.162 e. The van der Waals surface area contributed by atoms with Crippen LogP contribution in [0.4, 0.5) is 8.78 Å². The van der Waals surface area contributed by atoms with Gasteiger partial charge in [0.05, 0.1) is 0 Å². The summed E-state index contributed by atoms with van der Waals surface area (Å²) in [6.45, 7) is 0.420. The molecule has 0 saturated carbocycles. The number of benzene rings is 2. The predicted molar refractivity (Wildman–Crippen MR) is 82.7 cm³/mol. The summed E-state index contributed by atoms with van der Waals surface area (Å²) in [6, 6.07) is 7.83. The molecule has 1 unspecified atom stereocenters. The number of aliphatic hydroxyl groups is 1. The van der Waals surface area contributed by atoms with Gasteiger partial charge in [-0.3, -0.25) is 0 Å². The number of aliphatic hydroxyl groups excluding tert-OH is 1. The van der Waals surface area contributed by atoms with E-state index >= 15 is 0 Å². The predicted octanol–water partition coefficient (Wildman–Crippen LogP) is 2.85. The highest BCUT2D eigenvalue weighted by Gasteiger charge is 2.08. The molecule has 0 amide bonds. The van der Waals surface area contributed by atoms with Gasteiger partial charge in [0.2, 0.25) is 0 Å². The number of halogens is 3. The van der Waals surface area contributed by atoms with Crippen LogP contribution in [0.25, 0.3) is 0 Å². The molecular weight excluding hydrogens is 328 g/mol. The molecule has 0 aliphatic heterocycles. The van der Waals surface area contributed by atoms with Crippen molar-refractivity contribution in [1.82, 2.24) is 5.32 Å². The van der Waals surface area contributed by atoms with Crippen molar-refractivity contribution in [3.63, 3.8) is 0 Å². The zero-order valence-electron chi connectivity index (χ0n) is 12.1. The number of hydrogen-bond acceptors (Lipinski definition) is 4. The highest BCUT2D eigenvalue weighted by molar-refractivity contribution is 6.30. The molecule has 7 heteroatoms. The molecular formula is C16H16ClF2NO3. The Balaban J connectivity index is 1.75. The van der Waals surface area contributed by atoms with Crippen LogP contribution in [0.3, 0.4) is 0 Å². The Morgan fingerprint density at radius 1 is 1.13 bits per heavy atom. The molecule has 0 aliphatic rings. The zero-order valence-corrected chi connectivity index (χ0v) is 12.9. The first-order valence-electron chi connectivity index (χ1n) is 6.89. The molecule has 2 aromatic rings. The molecule has 0 heterocycles. The summed E-state index contributed by atoms with van der Waals surface area (Å²) >= 11 is 5.83. The highest BCUT2D eigenvalue weighted by Crippen LogP contribution is 2.21. The molecule has 0 saturated heterocycles. The topological polar surface area (TPSA) is 61.7 Å². The first-order chi connectivity index (χ1) is 11.0. The third-order valence-electron chi connectivity index (χ3n) is 3.07. The van der Waals surface area contributed by atoms with E-state index in [2.05, 4.69) is 5.32 Å². The van der Waals surface area contributed by atoms with Gasteiger partial charge in [0, 0.05) is 29.7 Å².